The molecule has 0 spiro atoms. The minimum absolute atomic E-state index is 0.0419. The lowest BCUT2D eigenvalue weighted by molar-refractivity contribution is 0.387. The Labute approximate surface area is 94.6 Å². The second kappa shape index (κ2) is 6.48. The summed E-state index contributed by atoms with van der Waals surface area (Å²) in [5.74, 6) is 0.591. The summed E-state index contributed by atoms with van der Waals surface area (Å²) in [7, 11) is -2.84. The zero-order chi connectivity index (χ0) is 11.9. The smallest absolute Gasteiger partial charge is 0.151 e. The van der Waals surface area contributed by atoms with Gasteiger partial charge in [-0.1, -0.05) is 20.3 Å². The fourth-order valence-corrected chi connectivity index (χ4v) is 2.48. The first-order valence-electron chi connectivity index (χ1n) is 5.78. The molecule has 0 atom stereocenters. The van der Waals surface area contributed by atoms with Gasteiger partial charge < -0.3 is 5.32 Å². The second-order valence-corrected chi connectivity index (χ2v) is 6.97. The molecule has 0 aliphatic heterocycles. The van der Waals surface area contributed by atoms with Gasteiger partial charge in [0.05, 0.1) is 11.5 Å². The van der Waals surface area contributed by atoms with E-state index in [0.717, 1.165) is 19.3 Å². The SMILES string of the molecule is CCCCS(=O)(=O)CCNC(C)(C)CC. The maximum absolute atomic E-state index is 11.5. The molecule has 0 aliphatic carbocycles. The molecule has 0 radical (unpaired) electrons. The lowest BCUT2D eigenvalue weighted by Gasteiger charge is -2.24. The summed E-state index contributed by atoms with van der Waals surface area (Å²) in [6, 6.07) is 0. The Balaban J connectivity index is 3.85. The molecule has 15 heavy (non-hydrogen) atoms. The van der Waals surface area contributed by atoms with Gasteiger partial charge in [-0.15, -0.1) is 0 Å². The molecule has 0 bridgehead atoms. The van der Waals surface area contributed by atoms with Crippen LogP contribution in [0.2, 0.25) is 0 Å². The van der Waals surface area contributed by atoms with Gasteiger partial charge in [0.1, 0.15) is 0 Å². The van der Waals surface area contributed by atoms with Crippen LogP contribution in [0.5, 0.6) is 0 Å². The van der Waals surface area contributed by atoms with Crippen LogP contribution >= 0.6 is 0 Å². The van der Waals surface area contributed by atoms with E-state index in [9.17, 15) is 8.42 Å². The molecule has 4 heteroatoms. The third-order valence-corrected chi connectivity index (χ3v) is 4.45. The molecule has 0 unspecified atom stereocenters. The first kappa shape index (κ1) is 14.9. The Bertz CT molecular complexity index is 258. The Morgan fingerprint density at radius 1 is 1.13 bits per heavy atom. The highest BCUT2D eigenvalue weighted by Crippen LogP contribution is 2.06. The van der Waals surface area contributed by atoms with E-state index in [4.69, 9.17) is 0 Å². The van der Waals surface area contributed by atoms with E-state index in [-0.39, 0.29) is 11.3 Å². The van der Waals surface area contributed by atoms with Gasteiger partial charge in [0.15, 0.2) is 9.84 Å². The summed E-state index contributed by atoms with van der Waals surface area (Å²) >= 11 is 0. The van der Waals surface area contributed by atoms with Crippen molar-refractivity contribution in [1.82, 2.24) is 5.32 Å². The molecule has 0 aliphatic rings. The summed E-state index contributed by atoms with van der Waals surface area (Å²) in [4.78, 5) is 0. The van der Waals surface area contributed by atoms with Gasteiger partial charge in [0, 0.05) is 12.1 Å². The first-order chi connectivity index (χ1) is 6.83. The lowest BCUT2D eigenvalue weighted by Crippen LogP contribution is -2.41. The zero-order valence-electron chi connectivity index (χ0n) is 10.5. The number of sulfone groups is 1. The van der Waals surface area contributed by atoms with Crippen LogP contribution in [0.15, 0.2) is 0 Å². The average Bonchev–Trinajstić information content (AvgIpc) is 2.14. The number of rotatable bonds is 8. The van der Waals surface area contributed by atoms with Crippen molar-refractivity contribution < 1.29 is 8.42 Å². The summed E-state index contributed by atoms with van der Waals surface area (Å²) in [5.41, 5.74) is 0.0419. The first-order valence-corrected chi connectivity index (χ1v) is 7.60. The molecule has 92 valence electrons. The van der Waals surface area contributed by atoms with Gasteiger partial charge >= 0.3 is 0 Å². The quantitative estimate of drug-likeness (QED) is 0.700. The highest BCUT2D eigenvalue weighted by Gasteiger charge is 2.15. The van der Waals surface area contributed by atoms with Crippen molar-refractivity contribution in [2.75, 3.05) is 18.1 Å². The summed E-state index contributed by atoms with van der Waals surface area (Å²) in [5, 5.41) is 3.26. The third kappa shape index (κ3) is 7.79. The molecule has 0 aromatic rings. The van der Waals surface area contributed by atoms with Gasteiger partial charge in [-0.05, 0) is 26.7 Å². The van der Waals surface area contributed by atoms with Crippen LogP contribution in [-0.2, 0) is 9.84 Å². The fraction of sp³-hybridized carbons (Fsp3) is 1.00. The largest absolute Gasteiger partial charge is 0.311 e. The van der Waals surface area contributed by atoms with Crippen molar-refractivity contribution in [3.63, 3.8) is 0 Å². The third-order valence-electron chi connectivity index (χ3n) is 2.71. The number of unbranched alkanes of at least 4 members (excludes halogenated alkanes) is 1. The van der Waals surface area contributed by atoms with Crippen LogP contribution in [-0.4, -0.2) is 32.0 Å². The van der Waals surface area contributed by atoms with Crippen LogP contribution in [0, 0.1) is 0 Å². The number of hydrogen-bond donors (Lipinski definition) is 1. The van der Waals surface area contributed by atoms with Crippen LogP contribution in [0.1, 0.15) is 47.0 Å². The zero-order valence-corrected chi connectivity index (χ0v) is 11.3. The van der Waals surface area contributed by atoms with Gasteiger partial charge in [0.2, 0.25) is 0 Å². The number of nitrogens with one attached hydrogen (secondary N) is 1. The topological polar surface area (TPSA) is 46.2 Å². The van der Waals surface area contributed by atoms with E-state index in [2.05, 4.69) is 26.1 Å². The van der Waals surface area contributed by atoms with E-state index in [1.54, 1.807) is 0 Å². The van der Waals surface area contributed by atoms with Crippen molar-refractivity contribution in [3.05, 3.63) is 0 Å². The van der Waals surface area contributed by atoms with Crippen molar-refractivity contribution >= 4 is 9.84 Å². The molecule has 0 aromatic carbocycles. The fourth-order valence-electron chi connectivity index (χ4n) is 1.14. The van der Waals surface area contributed by atoms with E-state index >= 15 is 0 Å². The lowest BCUT2D eigenvalue weighted by atomic mass is 10.0. The van der Waals surface area contributed by atoms with Gasteiger partial charge in [-0.3, -0.25) is 0 Å². The average molecular weight is 235 g/mol. The molecule has 0 amide bonds. The molecule has 1 N–H and O–H groups in total. The van der Waals surface area contributed by atoms with Crippen molar-refractivity contribution in [2.45, 2.75) is 52.5 Å². The second-order valence-electron chi connectivity index (χ2n) is 4.67. The normalized spacial score (nSPS) is 13.1. The maximum Gasteiger partial charge on any atom is 0.151 e. The standard InChI is InChI=1S/C11H25NO2S/c1-5-7-9-15(13,14)10-8-12-11(3,4)6-2/h12H,5-10H2,1-4H3. The van der Waals surface area contributed by atoms with Crippen LogP contribution < -0.4 is 5.32 Å². The summed E-state index contributed by atoms with van der Waals surface area (Å²) in [6.07, 6.45) is 2.72. The Hall–Kier alpha value is -0.0900. The van der Waals surface area contributed by atoms with Crippen molar-refractivity contribution in [2.24, 2.45) is 0 Å². The van der Waals surface area contributed by atoms with Gasteiger partial charge in [0.25, 0.3) is 0 Å². The van der Waals surface area contributed by atoms with Crippen LogP contribution in [0.3, 0.4) is 0 Å². The van der Waals surface area contributed by atoms with Crippen molar-refractivity contribution in [3.8, 4) is 0 Å². The molecule has 0 saturated heterocycles. The predicted molar refractivity (Wildman–Crippen MR) is 65.9 cm³/mol. The molecular weight excluding hydrogens is 210 g/mol. The minimum Gasteiger partial charge on any atom is -0.311 e. The monoisotopic (exact) mass is 235 g/mol. The minimum atomic E-state index is -2.84. The summed E-state index contributed by atoms with van der Waals surface area (Å²) < 4.78 is 23.0. The Morgan fingerprint density at radius 2 is 1.73 bits per heavy atom. The van der Waals surface area contributed by atoms with E-state index < -0.39 is 9.84 Å². The highest BCUT2D eigenvalue weighted by molar-refractivity contribution is 7.91. The number of hydrogen-bond acceptors (Lipinski definition) is 3. The Morgan fingerprint density at radius 3 is 2.20 bits per heavy atom. The molecular formula is C11H25NO2S. The van der Waals surface area contributed by atoms with Crippen LogP contribution in [0.4, 0.5) is 0 Å². The highest BCUT2D eigenvalue weighted by atomic mass is 32.2. The summed E-state index contributed by atoms with van der Waals surface area (Å²) in [6.45, 7) is 8.84. The molecule has 0 heterocycles. The molecule has 3 nitrogen and oxygen atoms in total. The van der Waals surface area contributed by atoms with Crippen molar-refractivity contribution in [1.29, 1.82) is 0 Å². The van der Waals surface area contributed by atoms with Gasteiger partial charge in [-0.25, -0.2) is 8.42 Å². The van der Waals surface area contributed by atoms with Gasteiger partial charge in [-0.2, -0.15) is 0 Å². The maximum atomic E-state index is 11.5. The molecule has 0 aromatic heterocycles. The van der Waals surface area contributed by atoms with E-state index in [0.29, 0.717) is 12.3 Å². The predicted octanol–water partition coefficient (Wildman–Crippen LogP) is 1.98. The van der Waals surface area contributed by atoms with Crippen LogP contribution in [0.25, 0.3) is 0 Å². The Kier molecular flexibility index (Phi) is 6.44. The van der Waals surface area contributed by atoms with E-state index in [1.165, 1.54) is 0 Å². The molecule has 0 saturated carbocycles. The molecule has 0 rings (SSSR count). The van der Waals surface area contributed by atoms with E-state index in [1.807, 2.05) is 6.92 Å². The molecule has 0 fully saturated rings.